The predicted molar refractivity (Wildman–Crippen MR) is 58.3 cm³/mol. The summed E-state index contributed by atoms with van der Waals surface area (Å²) in [4.78, 5) is 0. The van der Waals surface area contributed by atoms with Crippen LogP contribution in [0.3, 0.4) is 0 Å². The maximum absolute atomic E-state index is 5.77. The highest BCUT2D eigenvalue weighted by molar-refractivity contribution is 6.30. The van der Waals surface area contributed by atoms with E-state index in [4.69, 9.17) is 16.3 Å². The molecule has 0 amide bonds. The van der Waals surface area contributed by atoms with Crippen LogP contribution in [0.25, 0.3) is 0 Å². The number of halogens is 1. The summed E-state index contributed by atoms with van der Waals surface area (Å²) in [6.07, 6.45) is 0. The van der Waals surface area contributed by atoms with E-state index in [1.807, 2.05) is 14.0 Å². The van der Waals surface area contributed by atoms with E-state index in [1.54, 1.807) is 28.9 Å². The van der Waals surface area contributed by atoms with Gasteiger partial charge in [-0.3, -0.25) is 0 Å². The molecule has 0 atom stereocenters. The highest BCUT2D eigenvalue weighted by Crippen LogP contribution is 2.22. The fraction of sp³-hybridized carbons (Fsp3) is 0.182. The Morgan fingerprint density at radius 3 is 2.53 bits per heavy atom. The summed E-state index contributed by atoms with van der Waals surface area (Å²) in [7, 11) is 1.81. The van der Waals surface area contributed by atoms with Crippen molar-refractivity contribution in [1.29, 1.82) is 0 Å². The van der Waals surface area contributed by atoms with Crippen molar-refractivity contribution in [3.05, 3.63) is 41.0 Å². The van der Waals surface area contributed by atoms with Gasteiger partial charge in [-0.15, -0.1) is 0 Å². The molecule has 0 aliphatic heterocycles. The number of nitrogens with zero attached hydrogens (tertiary/aromatic N) is 2. The minimum atomic E-state index is 0.592. The van der Waals surface area contributed by atoms with Gasteiger partial charge in [0.25, 0.3) is 0 Å². The van der Waals surface area contributed by atoms with Gasteiger partial charge in [-0.25, -0.2) is 4.68 Å². The zero-order chi connectivity index (χ0) is 10.8. The lowest BCUT2D eigenvalue weighted by Crippen LogP contribution is -1.94. The quantitative estimate of drug-likeness (QED) is 0.780. The van der Waals surface area contributed by atoms with E-state index in [1.165, 1.54) is 0 Å². The summed E-state index contributed by atoms with van der Waals surface area (Å²) < 4.78 is 7.21. The van der Waals surface area contributed by atoms with Crippen molar-refractivity contribution < 1.29 is 4.74 Å². The molecule has 0 spiro atoms. The third kappa shape index (κ3) is 2.30. The molecule has 0 aliphatic rings. The Bertz CT molecular complexity index is 462. The number of benzene rings is 1. The first-order chi connectivity index (χ1) is 7.15. The topological polar surface area (TPSA) is 27.1 Å². The maximum Gasteiger partial charge on any atom is 0.226 e. The second-order valence-corrected chi connectivity index (χ2v) is 3.63. The second-order valence-electron chi connectivity index (χ2n) is 3.20. The van der Waals surface area contributed by atoms with Crippen molar-refractivity contribution in [2.24, 2.45) is 7.05 Å². The van der Waals surface area contributed by atoms with Crippen LogP contribution in [0.1, 0.15) is 5.69 Å². The molecule has 0 saturated carbocycles. The van der Waals surface area contributed by atoms with Crippen LogP contribution < -0.4 is 4.74 Å². The minimum Gasteiger partial charge on any atom is -0.439 e. The van der Waals surface area contributed by atoms with E-state index in [0.29, 0.717) is 10.9 Å². The summed E-state index contributed by atoms with van der Waals surface area (Å²) >= 11 is 5.77. The lowest BCUT2D eigenvalue weighted by Gasteiger charge is -2.04. The average Bonchev–Trinajstić information content (AvgIpc) is 2.49. The van der Waals surface area contributed by atoms with Gasteiger partial charge < -0.3 is 4.74 Å². The van der Waals surface area contributed by atoms with Crippen LogP contribution in [0.2, 0.25) is 5.02 Å². The van der Waals surface area contributed by atoms with Crippen molar-refractivity contribution in [2.45, 2.75) is 6.92 Å². The summed E-state index contributed by atoms with van der Waals surface area (Å²) in [5.74, 6) is 1.31. The first kappa shape index (κ1) is 10.1. The second kappa shape index (κ2) is 3.95. The molecular formula is C11H10ClN2O. The SMILES string of the molecule is Cc1[c]c(Oc2ccc(Cl)cc2)n(C)n1. The van der Waals surface area contributed by atoms with E-state index < -0.39 is 0 Å². The Morgan fingerprint density at radius 1 is 1.33 bits per heavy atom. The molecule has 4 heteroatoms. The van der Waals surface area contributed by atoms with Gasteiger partial charge in [-0.2, -0.15) is 5.10 Å². The summed E-state index contributed by atoms with van der Waals surface area (Å²) in [5.41, 5.74) is 0.807. The molecule has 0 unspecified atom stereocenters. The summed E-state index contributed by atoms with van der Waals surface area (Å²) in [6.45, 7) is 1.87. The number of hydrogen-bond acceptors (Lipinski definition) is 2. The van der Waals surface area contributed by atoms with Crippen molar-refractivity contribution in [2.75, 3.05) is 0 Å². The first-order valence-corrected chi connectivity index (χ1v) is 4.89. The van der Waals surface area contributed by atoms with E-state index in [2.05, 4.69) is 11.2 Å². The predicted octanol–water partition coefficient (Wildman–Crippen LogP) is 2.97. The Morgan fingerprint density at radius 2 is 2.00 bits per heavy atom. The molecule has 1 aromatic heterocycles. The molecule has 77 valence electrons. The number of hydrogen-bond donors (Lipinski definition) is 0. The van der Waals surface area contributed by atoms with Crippen LogP contribution in [0, 0.1) is 13.0 Å². The molecule has 1 heterocycles. The normalized spacial score (nSPS) is 10.3. The lowest BCUT2D eigenvalue weighted by atomic mass is 10.3. The van der Waals surface area contributed by atoms with Crippen LogP contribution in [-0.4, -0.2) is 9.78 Å². The largest absolute Gasteiger partial charge is 0.439 e. The van der Waals surface area contributed by atoms with Gasteiger partial charge in [0.2, 0.25) is 5.88 Å². The Kier molecular flexibility index (Phi) is 2.64. The molecule has 0 bridgehead atoms. The minimum absolute atomic E-state index is 0.592. The molecule has 15 heavy (non-hydrogen) atoms. The third-order valence-electron chi connectivity index (χ3n) is 1.91. The average molecular weight is 222 g/mol. The monoisotopic (exact) mass is 221 g/mol. The summed E-state index contributed by atoms with van der Waals surface area (Å²) in [6, 6.07) is 10.2. The Labute approximate surface area is 93.2 Å². The molecule has 1 radical (unpaired) electrons. The zero-order valence-corrected chi connectivity index (χ0v) is 9.25. The van der Waals surface area contributed by atoms with Crippen LogP contribution in [0.15, 0.2) is 24.3 Å². The zero-order valence-electron chi connectivity index (χ0n) is 8.49. The highest BCUT2D eigenvalue weighted by Gasteiger charge is 2.04. The Hall–Kier alpha value is -1.48. The number of rotatable bonds is 2. The van der Waals surface area contributed by atoms with E-state index >= 15 is 0 Å². The molecule has 1 aromatic carbocycles. The van der Waals surface area contributed by atoms with Gasteiger partial charge in [0, 0.05) is 12.1 Å². The molecule has 3 nitrogen and oxygen atoms in total. The smallest absolute Gasteiger partial charge is 0.226 e. The lowest BCUT2D eigenvalue weighted by molar-refractivity contribution is 0.430. The van der Waals surface area contributed by atoms with Crippen LogP contribution in [0.5, 0.6) is 11.6 Å². The third-order valence-corrected chi connectivity index (χ3v) is 2.16. The van der Waals surface area contributed by atoms with Crippen molar-refractivity contribution in [1.82, 2.24) is 9.78 Å². The number of aryl methyl sites for hydroxylation is 2. The molecule has 0 saturated heterocycles. The van der Waals surface area contributed by atoms with Gasteiger partial charge >= 0.3 is 0 Å². The van der Waals surface area contributed by atoms with Crippen molar-refractivity contribution >= 4 is 11.6 Å². The fourth-order valence-electron chi connectivity index (χ4n) is 1.24. The van der Waals surface area contributed by atoms with Crippen molar-refractivity contribution in [3.8, 4) is 11.6 Å². The van der Waals surface area contributed by atoms with Crippen molar-refractivity contribution in [3.63, 3.8) is 0 Å². The van der Waals surface area contributed by atoms with Crippen LogP contribution in [-0.2, 0) is 7.05 Å². The molecule has 0 aliphatic carbocycles. The first-order valence-electron chi connectivity index (χ1n) is 4.51. The highest BCUT2D eigenvalue weighted by atomic mass is 35.5. The Balaban J connectivity index is 2.21. The van der Waals surface area contributed by atoms with Gasteiger partial charge in [0.05, 0.1) is 11.8 Å². The van der Waals surface area contributed by atoms with Gasteiger partial charge in [-0.1, -0.05) is 11.6 Å². The fourth-order valence-corrected chi connectivity index (χ4v) is 1.36. The molecule has 0 fully saturated rings. The van der Waals surface area contributed by atoms with Crippen LogP contribution >= 0.6 is 11.6 Å². The molecule has 2 rings (SSSR count). The van der Waals surface area contributed by atoms with Gasteiger partial charge in [0.15, 0.2) is 0 Å². The van der Waals surface area contributed by atoms with E-state index in [9.17, 15) is 0 Å². The molecular weight excluding hydrogens is 212 g/mol. The summed E-state index contributed by atoms with van der Waals surface area (Å²) in [5, 5.41) is 4.82. The standard InChI is InChI=1S/C11H10ClN2O/c1-8-7-11(14(2)13-8)15-10-5-3-9(12)4-6-10/h3-6H,1-2H3. The number of aromatic nitrogens is 2. The van der Waals surface area contributed by atoms with Crippen LogP contribution in [0.4, 0.5) is 0 Å². The molecule has 0 N–H and O–H groups in total. The van der Waals surface area contributed by atoms with Gasteiger partial charge in [0.1, 0.15) is 5.75 Å². The number of ether oxygens (including phenoxy) is 1. The van der Waals surface area contributed by atoms with E-state index in [-0.39, 0.29) is 0 Å². The molecule has 2 aromatic rings. The maximum atomic E-state index is 5.77. The van der Waals surface area contributed by atoms with E-state index in [0.717, 1.165) is 11.4 Å². The van der Waals surface area contributed by atoms with Gasteiger partial charge in [-0.05, 0) is 31.2 Å².